The van der Waals surface area contributed by atoms with E-state index in [2.05, 4.69) is 15.5 Å². The lowest BCUT2D eigenvalue weighted by molar-refractivity contribution is -0.122. The molecule has 2 aromatic rings. The van der Waals surface area contributed by atoms with E-state index in [1.54, 1.807) is 12.1 Å². The lowest BCUT2D eigenvalue weighted by Gasteiger charge is -2.15. The van der Waals surface area contributed by atoms with Gasteiger partial charge in [-0.2, -0.15) is 0 Å². The van der Waals surface area contributed by atoms with Gasteiger partial charge in [0.1, 0.15) is 6.04 Å². The summed E-state index contributed by atoms with van der Waals surface area (Å²) < 4.78 is 0. The van der Waals surface area contributed by atoms with Crippen LogP contribution in [0, 0.1) is 6.92 Å². The van der Waals surface area contributed by atoms with Crippen LogP contribution in [0.3, 0.4) is 0 Å². The molecule has 0 spiro atoms. The van der Waals surface area contributed by atoms with Crippen LogP contribution in [-0.4, -0.2) is 42.9 Å². The molecular weight excluding hydrogens is 364 g/mol. The number of hydrogen-bond acceptors (Lipinski definition) is 4. The topological polar surface area (TPSA) is 87.5 Å². The number of hydrogen-bond donors (Lipinski definition) is 3. The Morgan fingerprint density at radius 1 is 1.00 bits per heavy atom. The van der Waals surface area contributed by atoms with Gasteiger partial charge < -0.3 is 21.3 Å². The predicted octanol–water partition coefficient (Wildman–Crippen LogP) is 2.14. The Morgan fingerprint density at radius 2 is 1.66 bits per heavy atom. The highest BCUT2D eigenvalue weighted by Crippen LogP contribution is 2.12. The van der Waals surface area contributed by atoms with Gasteiger partial charge in [0, 0.05) is 25.2 Å². The number of carbonyl (C=O) groups excluding carboxylic acids is 2. The normalized spacial score (nSPS) is 15.1. The molecule has 0 saturated carbocycles. The number of carbonyl (C=O) groups is 2. The second-order valence-electron chi connectivity index (χ2n) is 7.61. The molecule has 29 heavy (non-hydrogen) atoms. The lowest BCUT2D eigenvalue weighted by atomic mass is 10.1. The van der Waals surface area contributed by atoms with E-state index in [0.29, 0.717) is 18.7 Å². The summed E-state index contributed by atoms with van der Waals surface area (Å²) in [6.45, 7) is 6.18. The van der Waals surface area contributed by atoms with Gasteiger partial charge in [0.2, 0.25) is 5.91 Å². The highest BCUT2D eigenvalue weighted by Gasteiger charge is 2.15. The summed E-state index contributed by atoms with van der Waals surface area (Å²) in [6, 6.07) is 14.2. The van der Waals surface area contributed by atoms with Crippen molar-refractivity contribution < 1.29 is 9.59 Å². The Balaban J connectivity index is 1.43. The summed E-state index contributed by atoms with van der Waals surface area (Å²) >= 11 is 0. The molecule has 2 aromatic carbocycles. The second-order valence-corrected chi connectivity index (χ2v) is 7.61. The van der Waals surface area contributed by atoms with E-state index in [4.69, 9.17) is 5.73 Å². The summed E-state index contributed by atoms with van der Waals surface area (Å²) in [5.41, 5.74) is 9.49. The highest BCUT2D eigenvalue weighted by molar-refractivity contribution is 5.94. The SMILES string of the molecule is Cc1ccc(C(N)C(=O)NCc2ccc(C(=O)NCCN3CCCC3)cc2)cc1. The number of nitrogens with two attached hydrogens (primary N) is 1. The standard InChI is InChI=1S/C23H30N4O2/c1-17-4-8-19(9-5-17)21(24)23(29)26-16-18-6-10-20(11-7-18)22(28)25-12-15-27-13-2-3-14-27/h4-11,21H,2-3,12-16,24H2,1H3,(H,25,28)(H,26,29). The zero-order valence-electron chi connectivity index (χ0n) is 17.0. The first kappa shape index (κ1) is 21.0. The van der Waals surface area contributed by atoms with Crippen molar-refractivity contribution in [3.63, 3.8) is 0 Å². The molecule has 6 heteroatoms. The average Bonchev–Trinajstić information content (AvgIpc) is 3.26. The summed E-state index contributed by atoms with van der Waals surface area (Å²) in [5, 5.41) is 5.82. The van der Waals surface area contributed by atoms with Crippen molar-refractivity contribution in [3.05, 3.63) is 70.8 Å². The van der Waals surface area contributed by atoms with Crippen molar-refractivity contribution in [3.8, 4) is 0 Å². The van der Waals surface area contributed by atoms with Crippen LogP contribution in [0.25, 0.3) is 0 Å². The molecule has 0 aromatic heterocycles. The maximum Gasteiger partial charge on any atom is 0.251 e. The third-order valence-electron chi connectivity index (χ3n) is 5.31. The Hall–Kier alpha value is -2.70. The molecule has 1 saturated heterocycles. The fourth-order valence-electron chi connectivity index (χ4n) is 3.43. The molecule has 0 aliphatic carbocycles. The molecule has 0 bridgehead atoms. The summed E-state index contributed by atoms with van der Waals surface area (Å²) in [5.74, 6) is -0.293. The van der Waals surface area contributed by atoms with Crippen LogP contribution in [0.5, 0.6) is 0 Å². The molecule has 0 radical (unpaired) electrons. The minimum absolute atomic E-state index is 0.0684. The molecule has 1 fully saturated rings. The van der Waals surface area contributed by atoms with Gasteiger partial charge in [0.15, 0.2) is 0 Å². The van der Waals surface area contributed by atoms with Gasteiger partial charge in [-0.3, -0.25) is 9.59 Å². The van der Waals surface area contributed by atoms with E-state index in [-0.39, 0.29) is 11.8 Å². The monoisotopic (exact) mass is 394 g/mol. The van der Waals surface area contributed by atoms with Gasteiger partial charge in [-0.25, -0.2) is 0 Å². The van der Waals surface area contributed by atoms with Crippen molar-refractivity contribution in [2.45, 2.75) is 32.4 Å². The van der Waals surface area contributed by atoms with Crippen molar-refractivity contribution in [2.75, 3.05) is 26.2 Å². The number of likely N-dealkylation sites (tertiary alicyclic amines) is 1. The summed E-state index contributed by atoms with van der Waals surface area (Å²) in [4.78, 5) is 26.9. The quantitative estimate of drug-likeness (QED) is 0.640. The number of rotatable bonds is 8. The van der Waals surface area contributed by atoms with E-state index in [1.807, 2.05) is 43.3 Å². The lowest BCUT2D eigenvalue weighted by Crippen LogP contribution is -2.34. The van der Waals surface area contributed by atoms with Crippen molar-refractivity contribution in [1.82, 2.24) is 15.5 Å². The van der Waals surface area contributed by atoms with Crippen LogP contribution in [0.1, 0.15) is 45.9 Å². The van der Waals surface area contributed by atoms with Gasteiger partial charge in [-0.15, -0.1) is 0 Å². The fourth-order valence-corrected chi connectivity index (χ4v) is 3.43. The largest absolute Gasteiger partial charge is 0.351 e. The van der Waals surface area contributed by atoms with E-state index in [0.717, 1.165) is 36.3 Å². The number of nitrogens with one attached hydrogen (secondary N) is 2. The molecule has 6 nitrogen and oxygen atoms in total. The Kier molecular flexibility index (Phi) is 7.38. The summed E-state index contributed by atoms with van der Waals surface area (Å²) in [6.07, 6.45) is 2.50. The number of nitrogens with zero attached hydrogens (tertiary/aromatic N) is 1. The van der Waals surface area contributed by atoms with Crippen LogP contribution < -0.4 is 16.4 Å². The van der Waals surface area contributed by atoms with Crippen LogP contribution >= 0.6 is 0 Å². The van der Waals surface area contributed by atoms with Crippen LogP contribution in [0.4, 0.5) is 0 Å². The number of amides is 2. The molecule has 1 unspecified atom stereocenters. The third-order valence-corrected chi connectivity index (χ3v) is 5.31. The smallest absolute Gasteiger partial charge is 0.251 e. The van der Waals surface area contributed by atoms with E-state index in [9.17, 15) is 9.59 Å². The molecule has 1 atom stereocenters. The van der Waals surface area contributed by atoms with Gasteiger partial charge in [-0.05, 0) is 56.1 Å². The van der Waals surface area contributed by atoms with Crippen LogP contribution in [-0.2, 0) is 11.3 Å². The van der Waals surface area contributed by atoms with Gasteiger partial charge in [0.25, 0.3) is 5.91 Å². The maximum absolute atomic E-state index is 12.3. The molecule has 1 heterocycles. The van der Waals surface area contributed by atoms with Crippen molar-refractivity contribution in [2.24, 2.45) is 5.73 Å². The Bertz CT molecular complexity index is 812. The number of benzene rings is 2. The zero-order valence-corrected chi connectivity index (χ0v) is 17.0. The van der Waals surface area contributed by atoms with Crippen LogP contribution in [0.15, 0.2) is 48.5 Å². The van der Waals surface area contributed by atoms with E-state index < -0.39 is 6.04 Å². The minimum Gasteiger partial charge on any atom is -0.351 e. The first-order valence-electron chi connectivity index (χ1n) is 10.2. The Morgan fingerprint density at radius 3 is 2.31 bits per heavy atom. The zero-order chi connectivity index (χ0) is 20.6. The molecule has 4 N–H and O–H groups in total. The average molecular weight is 395 g/mol. The predicted molar refractivity (Wildman–Crippen MR) is 114 cm³/mol. The second kappa shape index (κ2) is 10.2. The molecule has 1 aliphatic heterocycles. The molecule has 154 valence electrons. The van der Waals surface area contributed by atoms with Crippen LogP contribution in [0.2, 0.25) is 0 Å². The van der Waals surface area contributed by atoms with Gasteiger partial charge in [0.05, 0.1) is 0 Å². The molecule has 2 amide bonds. The van der Waals surface area contributed by atoms with Crippen molar-refractivity contribution >= 4 is 11.8 Å². The molecular formula is C23H30N4O2. The minimum atomic E-state index is -0.698. The molecule has 3 rings (SSSR count). The first-order chi connectivity index (χ1) is 14.0. The van der Waals surface area contributed by atoms with Gasteiger partial charge >= 0.3 is 0 Å². The van der Waals surface area contributed by atoms with Gasteiger partial charge in [-0.1, -0.05) is 42.0 Å². The van der Waals surface area contributed by atoms with E-state index in [1.165, 1.54) is 12.8 Å². The van der Waals surface area contributed by atoms with Crippen molar-refractivity contribution in [1.29, 1.82) is 0 Å². The molecule has 1 aliphatic rings. The third kappa shape index (κ3) is 6.14. The maximum atomic E-state index is 12.3. The van der Waals surface area contributed by atoms with E-state index >= 15 is 0 Å². The fraction of sp³-hybridized carbons (Fsp3) is 0.391. The Labute approximate surface area is 172 Å². The number of aryl methyl sites for hydroxylation is 1. The summed E-state index contributed by atoms with van der Waals surface area (Å²) in [7, 11) is 0. The highest BCUT2D eigenvalue weighted by atomic mass is 16.2. The first-order valence-corrected chi connectivity index (χ1v) is 10.2.